The van der Waals surface area contributed by atoms with Crippen LogP contribution in [-0.4, -0.2) is 37.1 Å². The molecule has 0 N–H and O–H groups in total. The minimum Gasteiger partial charge on any atom is -0.368 e. The van der Waals surface area contributed by atoms with Crippen molar-refractivity contribution in [3.63, 3.8) is 0 Å². The fourth-order valence-electron chi connectivity index (χ4n) is 1.46. The van der Waals surface area contributed by atoms with Crippen LogP contribution in [0.25, 0.3) is 0 Å². The Morgan fingerprint density at radius 2 is 1.77 bits per heavy atom. The molecule has 1 saturated heterocycles. The van der Waals surface area contributed by atoms with Crippen molar-refractivity contribution in [1.29, 1.82) is 0 Å². The molecule has 0 radical (unpaired) electrons. The van der Waals surface area contributed by atoms with Crippen LogP contribution in [0.2, 0.25) is 0 Å². The van der Waals surface area contributed by atoms with E-state index in [9.17, 15) is 0 Å². The van der Waals surface area contributed by atoms with Crippen LogP contribution >= 0.6 is 0 Å². The predicted octanol–water partition coefficient (Wildman–Crippen LogP) is 1.15. The van der Waals surface area contributed by atoms with Crippen LogP contribution in [0.3, 0.4) is 0 Å². The van der Waals surface area contributed by atoms with Crippen molar-refractivity contribution in [2.24, 2.45) is 0 Å². The molecular weight excluding hydrogens is 162 g/mol. The van der Waals surface area contributed by atoms with E-state index in [2.05, 4.69) is 35.1 Å². The zero-order valence-corrected chi connectivity index (χ0v) is 7.65. The minimum absolute atomic E-state index is 0.851. The third kappa shape index (κ3) is 2.39. The Kier molecular flexibility index (Phi) is 2.72. The Morgan fingerprint density at radius 1 is 1.08 bits per heavy atom. The quantitative estimate of drug-likeness (QED) is 0.585. The molecule has 0 spiro atoms. The van der Waals surface area contributed by atoms with Crippen LogP contribution in [0, 0.1) is 0 Å². The molecule has 1 heterocycles. The summed E-state index contributed by atoms with van der Waals surface area (Å²) < 4.78 is 7.58. The molecule has 0 aliphatic carbocycles. The van der Waals surface area contributed by atoms with Gasteiger partial charge in [0.1, 0.15) is 13.2 Å². The first kappa shape index (κ1) is 8.45. The van der Waals surface area contributed by atoms with E-state index in [0.29, 0.717) is 0 Å². The number of nitrogens with zero attached hydrogens (tertiary/aromatic N) is 1. The average Bonchev–Trinajstić information content (AvgIpc) is 2.21. The topological polar surface area (TPSA) is 12.2 Å². The molecule has 68 valence electrons. The molecule has 0 aromatic heterocycles. The lowest BCUT2D eigenvalue weighted by molar-refractivity contribution is -0.544. The van der Waals surface area contributed by atoms with E-state index in [4.69, 9.17) is 4.74 Å². The summed E-state index contributed by atoms with van der Waals surface area (Å²) in [5.41, 5.74) is 1.27. The van der Waals surface area contributed by atoms with Gasteiger partial charge in [0.25, 0.3) is 0 Å². The van der Waals surface area contributed by atoms with Gasteiger partial charge < -0.3 is 4.74 Å². The Morgan fingerprint density at radius 3 is 2.46 bits per heavy atom. The Labute approximate surface area is 78.5 Å². The summed E-state index contributed by atoms with van der Waals surface area (Å²) in [4.78, 5) is 0. The van der Waals surface area contributed by atoms with Crippen molar-refractivity contribution in [3.05, 3.63) is 35.9 Å². The summed E-state index contributed by atoms with van der Waals surface area (Å²) in [6.45, 7) is 3.72. The SMILES string of the molecule is C(c1ccccc1)=[N+]1CCOCC1. The van der Waals surface area contributed by atoms with Crippen molar-refractivity contribution in [2.45, 2.75) is 0 Å². The summed E-state index contributed by atoms with van der Waals surface area (Å²) in [5, 5.41) is 0. The molecule has 0 atom stereocenters. The highest BCUT2D eigenvalue weighted by molar-refractivity contribution is 5.75. The fraction of sp³-hybridized carbons (Fsp3) is 0.364. The number of ether oxygens (including phenoxy) is 1. The molecule has 1 aromatic carbocycles. The first-order valence-electron chi connectivity index (χ1n) is 4.67. The van der Waals surface area contributed by atoms with E-state index in [1.165, 1.54) is 5.56 Å². The number of morpholine rings is 1. The van der Waals surface area contributed by atoms with Gasteiger partial charge in [-0.3, -0.25) is 0 Å². The molecule has 1 aliphatic rings. The third-order valence-corrected chi connectivity index (χ3v) is 2.18. The van der Waals surface area contributed by atoms with E-state index >= 15 is 0 Å². The zero-order chi connectivity index (χ0) is 8.93. The van der Waals surface area contributed by atoms with E-state index < -0.39 is 0 Å². The standard InChI is InChI=1S/C11H14NO/c1-2-4-11(5-3-1)10-12-6-8-13-9-7-12/h1-5,10H,6-9H2/q+1. The van der Waals surface area contributed by atoms with Crippen molar-refractivity contribution in [1.82, 2.24) is 0 Å². The molecule has 0 bridgehead atoms. The molecule has 2 nitrogen and oxygen atoms in total. The smallest absolute Gasteiger partial charge is 0.170 e. The second kappa shape index (κ2) is 4.19. The summed E-state index contributed by atoms with van der Waals surface area (Å²) >= 11 is 0. The number of hydrogen-bond donors (Lipinski definition) is 0. The van der Waals surface area contributed by atoms with E-state index in [1.54, 1.807) is 0 Å². The van der Waals surface area contributed by atoms with E-state index in [-0.39, 0.29) is 0 Å². The third-order valence-electron chi connectivity index (χ3n) is 2.18. The second-order valence-electron chi connectivity index (χ2n) is 3.19. The van der Waals surface area contributed by atoms with Gasteiger partial charge >= 0.3 is 0 Å². The molecule has 13 heavy (non-hydrogen) atoms. The van der Waals surface area contributed by atoms with Gasteiger partial charge in [-0.05, 0) is 12.1 Å². The minimum atomic E-state index is 0.851. The molecule has 0 saturated carbocycles. The van der Waals surface area contributed by atoms with Crippen LogP contribution in [-0.2, 0) is 4.74 Å². The summed E-state index contributed by atoms with van der Waals surface area (Å²) in [6.07, 6.45) is 2.20. The van der Waals surface area contributed by atoms with E-state index in [1.807, 2.05) is 6.07 Å². The second-order valence-corrected chi connectivity index (χ2v) is 3.19. The van der Waals surface area contributed by atoms with Gasteiger partial charge in [0, 0.05) is 5.56 Å². The normalized spacial score (nSPS) is 17.1. The van der Waals surface area contributed by atoms with Gasteiger partial charge in [-0.1, -0.05) is 18.2 Å². The average molecular weight is 176 g/mol. The molecular formula is C11H14NO+. The van der Waals surface area contributed by atoms with Crippen molar-refractivity contribution < 1.29 is 9.31 Å². The first-order chi connectivity index (χ1) is 6.45. The summed E-state index contributed by atoms with van der Waals surface area (Å²) in [6, 6.07) is 10.4. The van der Waals surface area contributed by atoms with Crippen molar-refractivity contribution >= 4 is 6.21 Å². The molecule has 1 fully saturated rings. The largest absolute Gasteiger partial charge is 0.368 e. The van der Waals surface area contributed by atoms with Gasteiger partial charge in [-0.25, -0.2) is 4.58 Å². The van der Waals surface area contributed by atoms with Crippen LogP contribution in [0.1, 0.15) is 5.56 Å². The maximum absolute atomic E-state index is 5.28. The lowest BCUT2D eigenvalue weighted by Crippen LogP contribution is -2.29. The van der Waals surface area contributed by atoms with E-state index in [0.717, 1.165) is 26.3 Å². The molecule has 2 rings (SSSR count). The number of benzene rings is 1. The number of rotatable bonds is 1. The highest BCUT2D eigenvalue weighted by atomic mass is 16.5. The van der Waals surface area contributed by atoms with Crippen molar-refractivity contribution in [2.75, 3.05) is 26.3 Å². The summed E-state index contributed by atoms with van der Waals surface area (Å²) in [5.74, 6) is 0. The Hall–Kier alpha value is -1.15. The highest BCUT2D eigenvalue weighted by Gasteiger charge is 2.09. The van der Waals surface area contributed by atoms with Gasteiger partial charge in [0.2, 0.25) is 0 Å². The van der Waals surface area contributed by atoms with Crippen LogP contribution < -0.4 is 0 Å². The maximum atomic E-state index is 5.28. The summed E-state index contributed by atoms with van der Waals surface area (Å²) in [7, 11) is 0. The lowest BCUT2D eigenvalue weighted by atomic mass is 10.2. The Bertz CT molecular complexity index is 284. The van der Waals surface area contributed by atoms with Crippen LogP contribution in [0.15, 0.2) is 30.3 Å². The first-order valence-corrected chi connectivity index (χ1v) is 4.67. The fourth-order valence-corrected chi connectivity index (χ4v) is 1.46. The van der Waals surface area contributed by atoms with Crippen LogP contribution in [0.4, 0.5) is 0 Å². The molecule has 2 heteroatoms. The predicted molar refractivity (Wildman–Crippen MR) is 52.4 cm³/mol. The maximum Gasteiger partial charge on any atom is 0.170 e. The van der Waals surface area contributed by atoms with Gasteiger partial charge in [-0.2, -0.15) is 0 Å². The van der Waals surface area contributed by atoms with Gasteiger partial charge in [-0.15, -0.1) is 0 Å². The number of hydrogen-bond acceptors (Lipinski definition) is 1. The highest BCUT2D eigenvalue weighted by Crippen LogP contribution is 1.96. The molecule has 1 aliphatic heterocycles. The monoisotopic (exact) mass is 176 g/mol. The zero-order valence-electron chi connectivity index (χ0n) is 7.65. The Balaban J connectivity index is 2.10. The molecule has 1 aromatic rings. The van der Waals surface area contributed by atoms with Gasteiger partial charge in [0.15, 0.2) is 19.3 Å². The molecule has 0 unspecified atom stereocenters. The van der Waals surface area contributed by atoms with Crippen molar-refractivity contribution in [3.8, 4) is 0 Å². The van der Waals surface area contributed by atoms with Gasteiger partial charge in [0.05, 0.1) is 0 Å². The molecule has 0 amide bonds. The van der Waals surface area contributed by atoms with Crippen LogP contribution in [0.5, 0.6) is 0 Å². The lowest BCUT2D eigenvalue weighted by Gasteiger charge is -2.10.